The van der Waals surface area contributed by atoms with Gasteiger partial charge in [-0.25, -0.2) is 9.97 Å². The second-order valence-corrected chi connectivity index (χ2v) is 6.59. The predicted octanol–water partition coefficient (Wildman–Crippen LogP) is 2.06. The molecule has 0 aromatic carbocycles. The van der Waals surface area contributed by atoms with E-state index in [0.717, 1.165) is 30.4 Å². The Morgan fingerprint density at radius 2 is 2.47 bits per heavy atom. The third kappa shape index (κ3) is 2.94. The lowest BCUT2D eigenvalue weighted by atomic mass is 10.2. The topological polar surface area (TPSA) is 64.3 Å². The summed E-state index contributed by atoms with van der Waals surface area (Å²) in [5.74, 6) is 0. The fraction of sp³-hybridized carbons (Fsp3) is 0.500. The molecule has 0 bridgehead atoms. The van der Waals surface area contributed by atoms with Crippen LogP contribution in [-0.4, -0.2) is 34.6 Å². The summed E-state index contributed by atoms with van der Waals surface area (Å²) in [4.78, 5) is 12.3. The fourth-order valence-electron chi connectivity index (χ4n) is 2.18. The third-order valence-electron chi connectivity index (χ3n) is 3.09. The lowest BCUT2D eigenvalue weighted by Crippen LogP contribution is -2.38. The zero-order valence-electron chi connectivity index (χ0n) is 10.7. The van der Waals surface area contributed by atoms with Crippen molar-refractivity contribution in [1.82, 2.24) is 14.9 Å². The molecule has 1 atom stereocenters. The Bertz CT molecular complexity index is 553. The molecule has 1 saturated heterocycles. The summed E-state index contributed by atoms with van der Waals surface area (Å²) >= 11 is 3.26. The monoisotopic (exact) mass is 296 g/mol. The van der Waals surface area contributed by atoms with Crippen molar-refractivity contribution in [2.45, 2.75) is 19.5 Å². The van der Waals surface area contributed by atoms with Gasteiger partial charge in [-0.15, -0.1) is 22.7 Å². The van der Waals surface area contributed by atoms with Crippen LogP contribution in [0.3, 0.4) is 0 Å². The highest BCUT2D eigenvalue weighted by molar-refractivity contribution is 7.15. The maximum atomic E-state index is 5.69. The van der Waals surface area contributed by atoms with E-state index in [-0.39, 0.29) is 6.04 Å². The first-order chi connectivity index (χ1) is 9.22. The molecule has 1 fully saturated rings. The predicted molar refractivity (Wildman–Crippen MR) is 77.3 cm³/mol. The Morgan fingerprint density at radius 3 is 3.16 bits per heavy atom. The summed E-state index contributed by atoms with van der Waals surface area (Å²) in [7, 11) is 0. The number of ether oxygens (including phenoxy) is 1. The second kappa shape index (κ2) is 5.54. The van der Waals surface area contributed by atoms with Gasteiger partial charge in [0.2, 0.25) is 0 Å². The summed E-state index contributed by atoms with van der Waals surface area (Å²) in [5, 5.41) is 3.85. The van der Waals surface area contributed by atoms with E-state index >= 15 is 0 Å². The van der Waals surface area contributed by atoms with Crippen molar-refractivity contribution >= 4 is 27.8 Å². The Hall–Kier alpha value is -1.02. The quantitative estimate of drug-likeness (QED) is 0.939. The molecule has 0 amide bonds. The Labute approximate surface area is 120 Å². The van der Waals surface area contributed by atoms with Crippen LogP contribution >= 0.6 is 22.7 Å². The van der Waals surface area contributed by atoms with Gasteiger partial charge in [0.1, 0.15) is 5.01 Å². The summed E-state index contributed by atoms with van der Waals surface area (Å²) in [5.41, 5.74) is 6.76. The van der Waals surface area contributed by atoms with Crippen LogP contribution in [0.4, 0.5) is 5.13 Å². The standard InChI is InChI=1S/C12H16N4OS2/c1-8-7-18-11(15-8)10-6-17-3-2-16(10)5-9-4-14-12(13)19-9/h4,7,10H,2-3,5-6H2,1H3,(H2,13,14). The van der Waals surface area contributed by atoms with Crippen LogP contribution in [0.2, 0.25) is 0 Å². The SMILES string of the molecule is Cc1csc(C2COCCN2Cc2cnc(N)s2)n1. The number of nitrogen functional groups attached to an aromatic ring is 1. The van der Waals surface area contributed by atoms with Crippen molar-refractivity contribution in [3.63, 3.8) is 0 Å². The molecule has 1 aliphatic rings. The van der Waals surface area contributed by atoms with Gasteiger partial charge in [0.25, 0.3) is 0 Å². The molecule has 2 aromatic heterocycles. The van der Waals surface area contributed by atoms with Gasteiger partial charge in [0, 0.05) is 35.2 Å². The highest BCUT2D eigenvalue weighted by Crippen LogP contribution is 2.29. The van der Waals surface area contributed by atoms with Crippen LogP contribution in [-0.2, 0) is 11.3 Å². The average Bonchev–Trinajstić information content (AvgIpc) is 2.99. The van der Waals surface area contributed by atoms with E-state index in [4.69, 9.17) is 10.5 Å². The molecule has 0 aliphatic carbocycles. The number of nitrogens with zero attached hydrogens (tertiary/aromatic N) is 3. The second-order valence-electron chi connectivity index (χ2n) is 4.55. The highest BCUT2D eigenvalue weighted by atomic mass is 32.1. The number of rotatable bonds is 3. The number of anilines is 1. The van der Waals surface area contributed by atoms with E-state index in [9.17, 15) is 0 Å². The molecule has 1 aliphatic heterocycles. The van der Waals surface area contributed by atoms with Crippen molar-refractivity contribution in [2.75, 3.05) is 25.5 Å². The third-order valence-corrected chi connectivity index (χ3v) is 4.97. The van der Waals surface area contributed by atoms with E-state index in [2.05, 4.69) is 20.2 Å². The van der Waals surface area contributed by atoms with Crippen LogP contribution in [0, 0.1) is 6.92 Å². The number of thiazole rings is 2. The molecule has 3 rings (SSSR count). The van der Waals surface area contributed by atoms with Gasteiger partial charge in [-0.2, -0.15) is 0 Å². The molecular weight excluding hydrogens is 280 g/mol. The Balaban J connectivity index is 1.77. The van der Waals surface area contributed by atoms with Gasteiger partial charge in [0.05, 0.1) is 19.3 Å². The first kappa shape index (κ1) is 13.0. The van der Waals surface area contributed by atoms with Crippen LogP contribution in [0.1, 0.15) is 21.6 Å². The minimum Gasteiger partial charge on any atom is -0.378 e. The molecule has 19 heavy (non-hydrogen) atoms. The van der Waals surface area contributed by atoms with Crippen LogP contribution in [0.5, 0.6) is 0 Å². The van der Waals surface area contributed by atoms with Crippen LogP contribution in [0.25, 0.3) is 0 Å². The van der Waals surface area contributed by atoms with Crippen molar-refractivity contribution < 1.29 is 4.74 Å². The largest absolute Gasteiger partial charge is 0.378 e. The summed E-state index contributed by atoms with van der Waals surface area (Å²) in [6, 6.07) is 0.246. The number of morpholine rings is 1. The zero-order valence-corrected chi connectivity index (χ0v) is 12.3. The van der Waals surface area contributed by atoms with Gasteiger partial charge < -0.3 is 10.5 Å². The first-order valence-corrected chi connectivity index (χ1v) is 7.86. The van der Waals surface area contributed by atoms with Gasteiger partial charge >= 0.3 is 0 Å². The Kier molecular flexibility index (Phi) is 3.79. The molecule has 0 radical (unpaired) electrons. The van der Waals surface area contributed by atoms with E-state index in [1.807, 2.05) is 13.1 Å². The van der Waals surface area contributed by atoms with Gasteiger partial charge in [0.15, 0.2) is 5.13 Å². The number of hydrogen-bond donors (Lipinski definition) is 1. The molecule has 2 N–H and O–H groups in total. The molecular formula is C12H16N4OS2. The number of hydrogen-bond acceptors (Lipinski definition) is 7. The highest BCUT2D eigenvalue weighted by Gasteiger charge is 2.27. The lowest BCUT2D eigenvalue weighted by molar-refractivity contribution is -0.0123. The molecule has 5 nitrogen and oxygen atoms in total. The Morgan fingerprint density at radius 1 is 1.58 bits per heavy atom. The summed E-state index contributed by atoms with van der Waals surface area (Å²) in [6.07, 6.45) is 1.86. The molecule has 0 spiro atoms. The number of aryl methyl sites for hydroxylation is 1. The molecule has 7 heteroatoms. The summed E-state index contributed by atoms with van der Waals surface area (Å²) < 4.78 is 5.61. The minimum atomic E-state index is 0.246. The van der Waals surface area contributed by atoms with Crippen molar-refractivity contribution in [3.05, 3.63) is 27.2 Å². The normalized spacial score (nSPS) is 20.8. The van der Waals surface area contributed by atoms with Crippen molar-refractivity contribution in [3.8, 4) is 0 Å². The molecule has 102 valence electrons. The van der Waals surface area contributed by atoms with Gasteiger partial charge in [-0.1, -0.05) is 0 Å². The molecule has 0 saturated carbocycles. The first-order valence-electron chi connectivity index (χ1n) is 6.16. The van der Waals surface area contributed by atoms with Crippen molar-refractivity contribution in [2.24, 2.45) is 0 Å². The average molecular weight is 296 g/mol. The van der Waals surface area contributed by atoms with Gasteiger partial charge in [-0.3, -0.25) is 4.90 Å². The molecule has 3 heterocycles. The van der Waals surface area contributed by atoms with Crippen LogP contribution < -0.4 is 5.73 Å². The zero-order chi connectivity index (χ0) is 13.2. The minimum absolute atomic E-state index is 0.246. The fourth-order valence-corrected chi connectivity index (χ4v) is 3.80. The van der Waals surface area contributed by atoms with Gasteiger partial charge in [-0.05, 0) is 6.92 Å². The number of aromatic nitrogens is 2. The molecule has 1 unspecified atom stereocenters. The van der Waals surface area contributed by atoms with E-state index < -0.39 is 0 Å². The van der Waals surface area contributed by atoms with Crippen LogP contribution in [0.15, 0.2) is 11.6 Å². The van der Waals surface area contributed by atoms with E-state index in [0.29, 0.717) is 11.7 Å². The smallest absolute Gasteiger partial charge is 0.180 e. The summed E-state index contributed by atoms with van der Waals surface area (Å²) in [6.45, 7) is 5.29. The van der Waals surface area contributed by atoms with E-state index in [1.165, 1.54) is 4.88 Å². The molecule has 2 aromatic rings. The number of nitrogens with two attached hydrogens (primary N) is 1. The van der Waals surface area contributed by atoms with Crippen molar-refractivity contribution in [1.29, 1.82) is 0 Å². The maximum absolute atomic E-state index is 5.69. The van der Waals surface area contributed by atoms with E-state index in [1.54, 1.807) is 22.7 Å². The lowest BCUT2D eigenvalue weighted by Gasteiger charge is -2.33. The maximum Gasteiger partial charge on any atom is 0.180 e.